The van der Waals surface area contributed by atoms with Crippen molar-refractivity contribution in [1.82, 2.24) is 24.2 Å². The fraction of sp³-hybridized carbons (Fsp3) is 0.292. The highest BCUT2D eigenvalue weighted by Gasteiger charge is 2.35. The van der Waals surface area contributed by atoms with Crippen LogP contribution in [-0.2, 0) is 22.4 Å². The summed E-state index contributed by atoms with van der Waals surface area (Å²) < 4.78 is 109. The molecule has 208 valence electrons. The lowest BCUT2D eigenvalue weighted by atomic mass is 10.0. The molecule has 0 unspecified atom stereocenters. The quantitative estimate of drug-likeness (QED) is 0.269. The van der Waals surface area contributed by atoms with Gasteiger partial charge in [-0.3, -0.25) is 4.57 Å². The number of imidazole rings is 1. The van der Waals surface area contributed by atoms with Crippen LogP contribution in [0.15, 0.2) is 53.1 Å². The first-order valence-corrected chi connectivity index (χ1v) is 13.5. The number of aromatic nitrogens is 4. The van der Waals surface area contributed by atoms with Gasteiger partial charge in [-0.2, -0.15) is 26.3 Å². The Hall–Kier alpha value is -3.30. The van der Waals surface area contributed by atoms with Gasteiger partial charge in [-0.15, -0.1) is 11.3 Å². The van der Waals surface area contributed by atoms with E-state index in [1.54, 1.807) is 20.8 Å². The molecule has 1 N–H and O–H groups in total. The maximum atomic E-state index is 13.7. The Balaban J connectivity index is 1.73. The number of nitrogens with zero attached hydrogens (tertiary/aromatic N) is 4. The number of halogens is 6. The molecule has 0 spiro atoms. The van der Waals surface area contributed by atoms with Gasteiger partial charge in [0.05, 0.1) is 21.8 Å². The second kappa shape index (κ2) is 9.71. The van der Waals surface area contributed by atoms with Gasteiger partial charge in [0.1, 0.15) is 10.5 Å². The Morgan fingerprint density at radius 2 is 1.59 bits per heavy atom. The topological polar surface area (TPSA) is 89.8 Å². The molecule has 0 radical (unpaired) electrons. The van der Waals surface area contributed by atoms with Crippen LogP contribution in [0.5, 0.6) is 0 Å². The Morgan fingerprint density at radius 1 is 0.897 bits per heavy atom. The van der Waals surface area contributed by atoms with Crippen LogP contribution in [0, 0.1) is 6.92 Å². The van der Waals surface area contributed by atoms with Crippen LogP contribution in [0.3, 0.4) is 0 Å². The molecule has 15 heteroatoms. The summed E-state index contributed by atoms with van der Waals surface area (Å²) in [4.78, 5) is 12.3. The Bertz CT molecular complexity index is 1630. The van der Waals surface area contributed by atoms with Crippen molar-refractivity contribution in [1.29, 1.82) is 0 Å². The number of alkyl halides is 6. The summed E-state index contributed by atoms with van der Waals surface area (Å²) in [5, 5.41) is 0. The van der Waals surface area contributed by atoms with Gasteiger partial charge in [0.25, 0.3) is 10.0 Å². The lowest BCUT2D eigenvalue weighted by molar-refractivity contribution is -0.141. The minimum Gasteiger partial charge on any atom is -0.274 e. The summed E-state index contributed by atoms with van der Waals surface area (Å²) in [6.45, 7) is 6.27. The van der Waals surface area contributed by atoms with E-state index in [2.05, 4.69) is 19.7 Å². The zero-order valence-corrected chi connectivity index (χ0v) is 22.4. The maximum Gasteiger partial charge on any atom is 0.433 e. The highest BCUT2D eigenvalue weighted by molar-refractivity contribution is 7.91. The van der Waals surface area contributed by atoms with Crippen LogP contribution in [0.2, 0.25) is 0 Å². The Labute approximate surface area is 223 Å². The lowest BCUT2D eigenvalue weighted by Crippen LogP contribution is -2.40. The van der Waals surface area contributed by atoms with Gasteiger partial charge >= 0.3 is 12.4 Å². The zero-order valence-electron chi connectivity index (χ0n) is 20.8. The van der Waals surface area contributed by atoms with Crippen LogP contribution in [-0.4, -0.2) is 33.5 Å². The molecule has 0 saturated heterocycles. The van der Waals surface area contributed by atoms with Gasteiger partial charge in [-0.1, -0.05) is 6.07 Å². The molecular formula is C24H21F6N5O2S2. The van der Waals surface area contributed by atoms with Gasteiger partial charge in [0.2, 0.25) is 5.95 Å². The molecule has 0 saturated carbocycles. The average molecular weight is 590 g/mol. The van der Waals surface area contributed by atoms with Crippen molar-refractivity contribution in [3.63, 3.8) is 0 Å². The van der Waals surface area contributed by atoms with Crippen LogP contribution in [0.4, 0.5) is 26.3 Å². The van der Waals surface area contributed by atoms with E-state index < -0.39 is 45.1 Å². The molecule has 1 aromatic carbocycles. The van der Waals surface area contributed by atoms with Crippen molar-refractivity contribution in [2.75, 3.05) is 0 Å². The Morgan fingerprint density at radius 3 is 2.18 bits per heavy atom. The summed E-state index contributed by atoms with van der Waals surface area (Å²) in [5.41, 5.74) is -3.05. The van der Waals surface area contributed by atoms with Gasteiger partial charge in [-0.25, -0.2) is 28.1 Å². The second-order valence-corrected chi connectivity index (χ2v) is 12.6. The highest BCUT2D eigenvalue weighted by Crippen LogP contribution is 2.36. The number of sulfonamides is 1. The molecule has 0 aliphatic rings. The molecular weight excluding hydrogens is 568 g/mol. The van der Waals surface area contributed by atoms with Crippen molar-refractivity contribution in [2.45, 2.75) is 49.8 Å². The minimum absolute atomic E-state index is 0.0252. The van der Waals surface area contributed by atoms with Crippen LogP contribution in [0.25, 0.3) is 27.8 Å². The molecule has 0 amide bonds. The number of aryl methyl sites for hydroxylation is 1. The lowest BCUT2D eigenvalue weighted by Gasteiger charge is -2.19. The summed E-state index contributed by atoms with van der Waals surface area (Å²) in [6.07, 6.45) is -6.99. The minimum atomic E-state index is -4.87. The smallest absolute Gasteiger partial charge is 0.274 e. The summed E-state index contributed by atoms with van der Waals surface area (Å²) in [5.74, 6) is -0.421. The molecule has 7 nitrogen and oxygen atoms in total. The van der Waals surface area contributed by atoms with Crippen molar-refractivity contribution in [2.24, 2.45) is 0 Å². The number of hydrogen-bond acceptors (Lipinski definition) is 6. The van der Waals surface area contributed by atoms with Crippen LogP contribution in [0.1, 0.15) is 37.6 Å². The molecule has 0 bridgehead atoms. The average Bonchev–Trinajstić information content (AvgIpc) is 3.46. The summed E-state index contributed by atoms with van der Waals surface area (Å²) in [6, 6.07) is 6.49. The Kier molecular flexibility index (Phi) is 7.15. The van der Waals surface area contributed by atoms with Crippen LogP contribution < -0.4 is 4.72 Å². The second-order valence-electron chi connectivity index (χ2n) is 9.60. The van der Waals surface area contributed by atoms with E-state index in [0.29, 0.717) is 10.9 Å². The molecule has 3 heterocycles. The maximum absolute atomic E-state index is 13.7. The van der Waals surface area contributed by atoms with E-state index in [1.807, 2.05) is 0 Å². The fourth-order valence-corrected chi connectivity index (χ4v) is 6.29. The largest absolute Gasteiger partial charge is 0.433 e. The SMILES string of the molecule is Cc1cc(-c2cc(C(F)(F)F)nc(-n3cnc(-c4ccc(S(=O)(=O)NC(C)(C)C)s4)c3)n2)ccc1C(F)(F)F. The van der Waals surface area contributed by atoms with Gasteiger partial charge in [0.15, 0.2) is 5.69 Å². The third-order valence-electron chi connectivity index (χ3n) is 5.19. The van der Waals surface area contributed by atoms with Crippen molar-refractivity contribution in [3.8, 4) is 27.8 Å². The van der Waals surface area contributed by atoms with E-state index in [9.17, 15) is 34.8 Å². The number of thiophene rings is 1. The van der Waals surface area contributed by atoms with E-state index in [0.717, 1.165) is 40.4 Å². The van der Waals surface area contributed by atoms with Crippen molar-refractivity contribution < 1.29 is 34.8 Å². The number of rotatable bonds is 5. The molecule has 4 aromatic rings. The van der Waals surface area contributed by atoms with Gasteiger partial charge in [-0.05, 0) is 63.6 Å². The highest BCUT2D eigenvalue weighted by atomic mass is 32.2. The fourth-order valence-electron chi connectivity index (χ4n) is 3.60. The van der Waals surface area contributed by atoms with Crippen molar-refractivity contribution >= 4 is 21.4 Å². The number of hydrogen-bond donors (Lipinski definition) is 1. The van der Waals surface area contributed by atoms with Gasteiger partial charge in [0, 0.05) is 17.3 Å². The first-order valence-electron chi connectivity index (χ1n) is 11.2. The molecule has 0 atom stereocenters. The first-order chi connectivity index (χ1) is 17.8. The normalized spacial score (nSPS) is 13.2. The summed E-state index contributed by atoms with van der Waals surface area (Å²) in [7, 11) is -3.81. The van der Waals surface area contributed by atoms with Crippen LogP contribution >= 0.6 is 11.3 Å². The molecule has 3 aromatic heterocycles. The molecule has 4 rings (SSSR count). The predicted molar refractivity (Wildman–Crippen MR) is 133 cm³/mol. The van der Waals surface area contributed by atoms with Crippen molar-refractivity contribution in [3.05, 3.63) is 65.7 Å². The molecule has 0 fully saturated rings. The molecule has 0 aliphatic heterocycles. The van der Waals surface area contributed by atoms with Gasteiger partial charge < -0.3 is 0 Å². The molecule has 39 heavy (non-hydrogen) atoms. The van der Waals surface area contributed by atoms with E-state index in [1.165, 1.54) is 25.3 Å². The predicted octanol–water partition coefficient (Wildman–Crippen LogP) is 6.48. The zero-order chi connectivity index (χ0) is 29.0. The van der Waals surface area contributed by atoms with E-state index in [-0.39, 0.29) is 26.7 Å². The third-order valence-corrected chi connectivity index (χ3v) is 8.54. The number of nitrogens with one attached hydrogen (secondary N) is 1. The number of benzene rings is 1. The summed E-state index contributed by atoms with van der Waals surface area (Å²) >= 11 is 0.915. The van der Waals surface area contributed by atoms with E-state index >= 15 is 0 Å². The molecule has 0 aliphatic carbocycles. The monoisotopic (exact) mass is 589 g/mol. The standard InChI is InChI=1S/C24H21F6N5O2S2/c1-13-9-14(5-6-15(13)23(25,26)27)16-10-19(24(28,29)30)33-21(32-16)35-11-17(31-12-35)18-7-8-20(38-18)39(36,37)34-22(2,3)4/h5-12,34H,1-4H3. The van der Waals surface area contributed by atoms with E-state index in [4.69, 9.17) is 0 Å². The third kappa shape index (κ3) is 6.47. The first kappa shape index (κ1) is 28.7.